The third kappa shape index (κ3) is 4.84. The average Bonchev–Trinajstić information content (AvgIpc) is 3.06. The number of likely N-dealkylation sites (N-methyl/N-ethyl adjacent to an activating group) is 1. The summed E-state index contributed by atoms with van der Waals surface area (Å²) in [6, 6.07) is 7.08. The van der Waals surface area contributed by atoms with Crippen molar-refractivity contribution in [2.75, 3.05) is 18.5 Å². The number of carbonyl (C=O) groups excluding carboxylic acids is 2. The van der Waals surface area contributed by atoms with Crippen LogP contribution in [-0.2, 0) is 9.59 Å². The maximum absolute atomic E-state index is 12.5. The molecular formula is C20H28N2O3. The van der Waals surface area contributed by atoms with E-state index < -0.39 is 0 Å². The fraction of sp³-hybridized carbons (Fsp3) is 0.500. The average molecular weight is 344 g/mol. The highest BCUT2D eigenvalue weighted by atomic mass is 16.5. The maximum atomic E-state index is 12.5. The Morgan fingerprint density at radius 1 is 1.20 bits per heavy atom. The third-order valence-electron chi connectivity index (χ3n) is 4.57. The summed E-state index contributed by atoms with van der Waals surface area (Å²) in [7, 11) is 0. The van der Waals surface area contributed by atoms with E-state index in [9.17, 15) is 9.59 Å². The van der Waals surface area contributed by atoms with Gasteiger partial charge in [-0.15, -0.1) is 0 Å². The molecule has 0 aliphatic heterocycles. The van der Waals surface area contributed by atoms with Gasteiger partial charge in [0.25, 0.3) is 5.91 Å². The second-order valence-electron chi connectivity index (χ2n) is 7.32. The van der Waals surface area contributed by atoms with Crippen LogP contribution in [0.2, 0.25) is 0 Å². The number of ether oxygens (including phenoxy) is 1. The van der Waals surface area contributed by atoms with E-state index in [1.165, 1.54) is 5.57 Å². The molecule has 1 fully saturated rings. The molecular weight excluding hydrogens is 316 g/mol. The van der Waals surface area contributed by atoms with E-state index in [-0.39, 0.29) is 35.7 Å². The summed E-state index contributed by atoms with van der Waals surface area (Å²) in [6.45, 7) is 10.8. The zero-order valence-electron chi connectivity index (χ0n) is 15.7. The fourth-order valence-electron chi connectivity index (χ4n) is 3.10. The van der Waals surface area contributed by atoms with Crippen molar-refractivity contribution in [3.05, 3.63) is 35.9 Å². The summed E-state index contributed by atoms with van der Waals surface area (Å²) in [5.74, 6) is 0.774. The highest BCUT2D eigenvalue weighted by Crippen LogP contribution is 2.59. The number of anilines is 1. The first-order valence-corrected chi connectivity index (χ1v) is 8.71. The molecule has 1 aromatic rings. The smallest absolute Gasteiger partial charge is 0.257 e. The van der Waals surface area contributed by atoms with Crippen molar-refractivity contribution < 1.29 is 14.3 Å². The Bertz CT molecular complexity index is 658. The maximum Gasteiger partial charge on any atom is 0.257 e. The molecule has 2 atom stereocenters. The van der Waals surface area contributed by atoms with E-state index in [0.717, 1.165) is 5.69 Å². The van der Waals surface area contributed by atoms with Crippen molar-refractivity contribution in [3.8, 4) is 5.75 Å². The van der Waals surface area contributed by atoms with Gasteiger partial charge in [-0.05, 0) is 56.4 Å². The molecule has 0 aromatic heterocycles. The second kappa shape index (κ2) is 7.72. The molecule has 2 N–H and O–H groups in total. The predicted octanol–water partition coefficient (Wildman–Crippen LogP) is 3.38. The van der Waals surface area contributed by atoms with Crippen molar-refractivity contribution in [2.45, 2.75) is 34.6 Å². The molecule has 5 heteroatoms. The summed E-state index contributed by atoms with van der Waals surface area (Å²) >= 11 is 0. The highest BCUT2D eigenvalue weighted by molar-refractivity contribution is 5.95. The predicted molar refractivity (Wildman–Crippen MR) is 99.4 cm³/mol. The number of hydrogen-bond donors (Lipinski definition) is 2. The van der Waals surface area contributed by atoms with Gasteiger partial charge < -0.3 is 15.4 Å². The summed E-state index contributed by atoms with van der Waals surface area (Å²) < 4.78 is 5.40. The van der Waals surface area contributed by atoms with Crippen LogP contribution in [0.15, 0.2) is 35.9 Å². The quantitative estimate of drug-likeness (QED) is 0.745. The minimum atomic E-state index is -0.152. The molecule has 0 saturated heterocycles. The summed E-state index contributed by atoms with van der Waals surface area (Å²) in [4.78, 5) is 23.9. The van der Waals surface area contributed by atoms with Crippen LogP contribution in [0.5, 0.6) is 5.75 Å². The summed E-state index contributed by atoms with van der Waals surface area (Å²) in [5.41, 5.74) is 1.97. The van der Waals surface area contributed by atoms with Gasteiger partial charge in [0, 0.05) is 12.2 Å². The molecule has 0 spiro atoms. The number of benzene rings is 1. The zero-order chi connectivity index (χ0) is 18.6. The van der Waals surface area contributed by atoms with Gasteiger partial charge in [0.2, 0.25) is 5.91 Å². The Morgan fingerprint density at radius 3 is 2.40 bits per heavy atom. The van der Waals surface area contributed by atoms with E-state index in [1.54, 1.807) is 24.3 Å². The molecule has 1 aliphatic rings. The Hall–Kier alpha value is -2.30. The van der Waals surface area contributed by atoms with Crippen LogP contribution in [0, 0.1) is 17.3 Å². The van der Waals surface area contributed by atoms with Crippen molar-refractivity contribution in [1.29, 1.82) is 0 Å². The van der Waals surface area contributed by atoms with Crippen LogP contribution in [0.25, 0.3) is 0 Å². The van der Waals surface area contributed by atoms with Gasteiger partial charge in [-0.3, -0.25) is 9.59 Å². The molecule has 5 nitrogen and oxygen atoms in total. The molecule has 25 heavy (non-hydrogen) atoms. The minimum Gasteiger partial charge on any atom is -0.484 e. The first-order chi connectivity index (χ1) is 11.8. The molecule has 1 aliphatic carbocycles. The van der Waals surface area contributed by atoms with Crippen molar-refractivity contribution >= 4 is 17.5 Å². The summed E-state index contributed by atoms with van der Waals surface area (Å²) in [6.07, 6.45) is 2.18. The highest BCUT2D eigenvalue weighted by Gasteiger charge is 2.60. The lowest BCUT2D eigenvalue weighted by Crippen LogP contribution is -2.28. The van der Waals surface area contributed by atoms with E-state index in [4.69, 9.17) is 4.74 Å². The molecule has 136 valence electrons. The fourth-order valence-corrected chi connectivity index (χ4v) is 3.10. The number of rotatable bonds is 7. The third-order valence-corrected chi connectivity index (χ3v) is 4.57. The lowest BCUT2D eigenvalue weighted by atomic mass is 10.1. The first-order valence-electron chi connectivity index (χ1n) is 8.71. The van der Waals surface area contributed by atoms with Gasteiger partial charge in [-0.2, -0.15) is 0 Å². The van der Waals surface area contributed by atoms with Gasteiger partial charge in [-0.1, -0.05) is 25.5 Å². The van der Waals surface area contributed by atoms with E-state index in [1.807, 2.05) is 6.92 Å². The summed E-state index contributed by atoms with van der Waals surface area (Å²) in [5, 5.41) is 5.64. The second-order valence-corrected chi connectivity index (χ2v) is 7.32. The van der Waals surface area contributed by atoms with Crippen molar-refractivity contribution in [2.24, 2.45) is 17.3 Å². The largest absolute Gasteiger partial charge is 0.484 e. The zero-order valence-corrected chi connectivity index (χ0v) is 15.7. The molecule has 2 unspecified atom stereocenters. The van der Waals surface area contributed by atoms with Crippen LogP contribution in [-0.4, -0.2) is 25.0 Å². The SMILES string of the molecule is CCNC(=O)COc1ccc(NC(=O)C2C(C=C(C)C)C2(C)C)cc1. The molecule has 2 rings (SSSR count). The normalized spacial score (nSPS) is 20.4. The Kier molecular flexibility index (Phi) is 5.88. The Morgan fingerprint density at radius 2 is 1.84 bits per heavy atom. The monoisotopic (exact) mass is 344 g/mol. The number of allylic oxidation sites excluding steroid dienone is 2. The van der Waals surface area contributed by atoms with E-state index in [2.05, 4.69) is 44.4 Å². The van der Waals surface area contributed by atoms with Gasteiger partial charge in [0.1, 0.15) is 5.75 Å². The molecule has 0 radical (unpaired) electrons. The molecule has 1 saturated carbocycles. The Balaban J connectivity index is 1.90. The minimum absolute atomic E-state index is 0.00293. The number of hydrogen-bond acceptors (Lipinski definition) is 3. The van der Waals surface area contributed by atoms with Gasteiger partial charge in [0.15, 0.2) is 6.61 Å². The van der Waals surface area contributed by atoms with Gasteiger partial charge >= 0.3 is 0 Å². The van der Waals surface area contributed by atoms with Gasteiger partial charge in [-0.25, -0.2) is 0 Å². The van der Waals surface area contributed by atoms with Crippen LogP contribution in [0.1, 0.15) is 34.6 Å². The van der Waals surface area contributed by atoms with Crippen LogP contribution >= 0.6 is 0 Å². The molecule has 2 amide bonds. The lowest BCUT2D eigenvalue weighted by molar-refractivity contribution is -0.123. The number of nitrogens with one attached hydrogen (secondary N) is 2. The number of carbonyl (C=O) groups is 2. The van der Waals surface area contributed by atoms with Crippen molar-refractivity contribution in [3.63, 3.8) is 0 Å². The number of amides is 2. The lowest BCUT2D eigenvalue weighted by Gasteiger charge is -2.09. The Labute approximate surface area is 149 Å². The van der Waals surface area contributed by atoms with Crippen LogP contribution < -0.4 is 15.4 Å². The topological polar surface area (TPSA) is 67.4 Å². The molecule has 1 aromatic carbocycles. The first kappa shape index (κ1) is 19.0. The standard InChI is InChI=1S/C20H28N2O3/c1-6-21-17(23)12-25-15-9-7-14(8-10-15)22-19(24)18-16(11-13(2)3)20(18,4)5/h7-11,16,18H,6,12H2,1-5H3,(H,21,23)(H,22,24). The molecule has 0 heterocycles. The van der Waals surface area contributed by atoms with Crippen LogP contribution in [0.3, 0.4) is 0 Å². The van der Waals surface area contributed by atoms with Crippen molar-refractivity contribution in [1.82, 2.24) is 5.32 Å². The van der Waals surface area contributed by atoms with E-state index in [0.29, 0.717) is 12.3 Å². The molecule has 0 bridgehead atoms. The van der Waals surface area contributed by atoms with E-state index >= 15 is 0 Å². The van der Waals surface area contributed by atoms with Gasteiger partial charge in [0.05, 0.1) is 5.92 Å². The van der Waals surface area contributed by atoms with Crippen LogP contribution in [0.4, 0.5) is 5.69 Å².